The van der Waals surface area contributed by atoms with E-state index >= 15 is 0 Å². The molecule has 1 heterocycles. The molecule has 3 atom stereocenters. The Labute approximate surface area is 168 Å². The number of nitrogens with one attached hydrogen (secondary N) is 3. The van der Waals surface area contributed by atoms with Crippen molar-refractivity contribution in [2.75, 3.05) is 31.2 Å². The van der Waals surface area contributed by atoms with Crippen LogP contribution in [-0.4, -0.2) is 52.3 Å². The Balaban J connectivity index is 1.74. The van der Waals surface area contributed by atoms with Crippen molar-refractivity contribution in [2.45, 2.75) is 43.9 Å². The second kappa shape index (κ2) is 10.9. The normalized spacial score (nSPS) is 21.9. The SMILES string of the molecule is CCS(=O)C1CCCC(NC(=NC)NCCNc2ncc(Cl)cc2Cl)C1. The number of aliphatic imine (C=N–C) groups is 1. The first-order chi connectivity index (χ1) is 12.5. The van der Waals surface area contributed by atoms with Gasteiger partial charge in [-0.15, -0.1) is 0 Å². The third kappa shape index (κ3) is 6.59. The van der Waals surface area contributed by atoms with E-state index in [0.29, 0.717) is 40.2 Å². The molecule has 1 aromatic heterocycles. The van der Waals surface area contributed by atoms with Crippen molar-refractivity contribution in [1.29, 1.82) is 0 Å². The number of nitrogens with zero attached hydrogens (tertiary/aromatic N) is 2. The number of hydrogen-bond acceptors (Lipinski definition) is 4. The van der Waals surface area contributed by atoms with E-state index in [1.807, 2.05) is 6.92 Å². The molecular formula is C17H27Cl2N5OS. The smallest absolute Gasteiger partial charge is 0.191 e. The predicted octanol–water partition coefficient (Wildman–Crippen LogP) is 3.05. The highest BCUT2D eigenvalue weighted by Gasteiger charge is 2.25. The summed E-state index contributed by atoms with van der Waals surface area (Å²) in [4.78, 5) is 8.44. The summed E-state index contributed by atoms with van der Waals surface area (Å²) >= 11 is 11.9. The van der Waals surface area contributed by atoms with Crippen molar-refractivity contribution < 1.29 is 4.21 Å². The molecule has 26 heavy (non-hydrogen) atoms. The molecule has 1 saturated carbocycles. The van der Waals surface area contributed by atoms with Gasteiger partial charge in [0.1, 0.15) is 5.82 Å². The quantitative estimate of drug-likeness (QED) is 0.359. The van der Waals surface area contributed by atoms with Gasteiger partial charge in [-0.2, -0.15) is 0 Å². The van der Waals surface area contributed by atoms with E-state index in [-0.39, 0.29) is 0 Å². The first-order valence-corrected chi connectivity index (χ1v) is 11.1. The zero-order valence-corrected chi connectivity index (χ0v) is 17.6. The summed E-state index contributed by atoms with van der Waals surface area (Å²) in [6, 6.07) is 1.97. The molecule has 6 nitrogen and oxygen atoms in total. The van der Waals surface area contributed by atoms with Crippen LogP contribution in [0.5, 0.6) is 0 Å². The number of rotatable bonds is 7. The van der Waals surface area contributed by atoms with Gasteiger partial charge >= 0.3 is 0 Å². The fourth-order valence-electron chi connectivity index (χ4n) is 3.04. The van der Waals surface area contributed by atoms with E-state index in [1.165, 1.54) is 0 Å². The summed E-state index contributed by atoms with van der Waals surface area (Å²) in [5.41, 5.74) is 0. The summed E-state index contributed by atoms with van der Waals surface area (Å²) in [7, 11) is 1.03. The average molecular weight is 420 g/mol. The van der Waals surface area contributed by atoms with Crippen LogP contribution in [0.4, 0.5) is 5.82 Å². The number of hydrogen-bond donors (Lipinski definition) is 3. The van der Waals surface area contributed by atoms with Gasteiger partial charge in [0.15, 0.2) is 5.96 Å². The molecule has 3 N–H and O–H groups in total. The molecule has 0 aliphatic heterocycles. The Kier molecular flexibility index (Phi) is 8.95. The lowest BCUT2D eigenvalue weighted by atomic mass is 9.95. The van der Waals surface area contributed by atoms with Crippen LogP contribution in [0.15, 0.2) is 17.3 Å². The number of halogens is 2. The van der Waals surface area contributed by atoms with Gasteiger partial charge in [0.2, 0.25) is 0 Å². The van der Waals surface area contributed by atoms with Crippen molar-refractivity contribution in [2.24, 2.45) is 4.99 Å². The van der Waals surface area contributed by atoms with E-state index < -0.39 is 10.8 Å². The topological polar surface area (TPSA) is 78.4 Å². The summed E-state index contributed by atoms with van der Waals surface area (Å²) in [6.07, 6.45) is 5.74. The van der Waals surface area contributed by atoms with Gasteiger partial charge in [-0.3, -0.25) is 9.20 Å². The molecule has 3 unspecified atom stereocenters. The van der Waals surface area contributed by atoms with E-state index in [1.54, 1.807) is 19.3 Å². The maximum atomic E-state index is 12.1. The summed E-state index contributed by atoms with van der Waals surface area (Å²) in [5.74, 6) is 2.10. The second-order valence-corrected chi connectivity index (χ2v) is 9.06. The fraction of sp³-hybridized carbons (Fsp3) is 0.647. The molecule has 2 rings (SSSR count). The lowest BCUT2D eigenvalue weighted by molar-refractivity contribution is 0.413. The van der Waals surface area contributed by atoms with Gasteiger partial charge in [0.25, 0.3) is 0 Å². The Hall–Kier alpha value is -1.05. The molecule has 1 fully saturated rings. The Bertz CT molecular complexity index is 644. The first-order valence-electron chi connectivity index (χ1n) is 8.92. The van der Waals surface area contributed by atoms with E-state index in [4.69, 9.17) is 23.2 Å². The number of guanidine groups is 1. The Morgan fingerprint density at radius 3 is 2.88 bits per heavy atom. The maximum Gasteiger partial charge on any atom is 0.191 e. The average Bonchev–Trinajstić information content (AvgIpc) is 2.65. The largest absolute Gasteiger partial charge is 0.367 e. The molecule has 146 valence electrons. The summed E-state index contributed by atoms with van der Waals surface area (Å²) in [5, 5.41) is 11.2. The molecule has 1 aromatic rings. The minimum Gasteiger partial charge on any atom is -0.367 e. The molecule has 1 aliphatic rings. The summed E-state index contributed by atoms with van der Waals surface area (Å²) in [6.45, 7) is 3.29. The fourth-order valence-corrected chi connectivity index (χ4v) is 4.84. The zero-order chi connectivity index (χ0) is 18.9. The molecular weight excluding hydrogens is 393 g/mol. The minimum absolute atomic E-state index is 0.296. The first kappa shape index (κ1) is 21.3. The van der Waals surface area contributed by atoms with Crippen molar-refractivity contribution in [3.8, 4) is 0 Å². The van der Waals surface area contributed by atoms with Crippen LogP contribution in [0.25, 0.3) is 0 Å². The van der Waals surface area contributed by atoms with Gasteiger partial charge in [-0.25, -0.2) is 4.98 Å². The van der Waals surface area contributed by atoms with Gasteiger partial charge in [0.05, 0.1) is 10.0 Å². The third-order valence-electron chi connectivity index (χ3n) is 4.36. The van der Waals surface area contributed by atoms with Crippen LogP contribution >= 0.6 is 23.2 Å². The van der Waals surface area contributed by atoms with Gasteiger partial charge in [0, 0.05) is 54.2 Å². The molecule has 0 saturated heterocycles. The number of pyridine rings is 1. The van der Waals surface area contributed by atoms with Crippen LogP contribution in [0, 0.1) is 0 Å². The van der Waals surface area contributed by atoms with Gasteiger partial charge in [-0.1, -0.05) is 36.5 Å². The lowest BCUT2D eigenvalue weighted by Crippen LogP contribution is -2.47. The maximum absolute atomic E-state index is 12.1. The second-order valence-electron chi connectivity index (χ2n) is 6.21. The molecule has 0 radical (unpaired) electrons. The third-order valence-corrected chi connectivity index (χ3v) is 6.60. The van der Waals surface area contributed by atoms with Crippen LogP contribution in [-0.2, 0) is 10.8 Å². The van der Waals surface area contributed by atoms with Crippen LogP contribution in [0.2, 0.25) is 10.0 Å². The molecule has 0 aromatic carbocycles. The van der Waals surface area contributed by atoms with Crippen molar-refractivity contribution in [3.63, 3.8) is 0 Å². The monoisotopic (exact) mass is 419 g/mol. The molecule has 0 bridgehead atoms. The van der Waals surface area contributed by atoms with E-state index in [2.05, 4.69) is 25.9 Å². The minimum atomic E-state index is -0.722. The lowest BCUT2D eigenvalue weighted by Gasteiger charge is -2.30. The summed E-state index contributed by atoms with van der Waals surface area (Å²) < 4.78 is 12.1. The molecule has 9 heteroatoms. The Morgan fingerprint density at radius 2 is 2.19 bits per heavy atom. The van der Waals surface area contributed by atoms with E-state index in [0.717, 1.165) is 37.4 Å². The predicted molar refractivity (Wildman–Crippen MR) is 112 cm³/mol. The highest BCUT2D eigenvalue weighted by molar-refractivity contribution is 7.85. The van der Waals surface area contributed by atoms with Crippen LogP contribution in [0.1, 0.15) is 32.6 Å². The molecule has 0 spiro atoms. The van der Waals surface area contributed by atoms with Crippen molar-refractivity contribution >= 4 is 45.8 Å². The van der Waals surface area contributed by atoms with E-state index in [9.17, 15) is 4.21 Å². The highest BCUT2D eigenvalue weighted by Crippen LogP contribution is 2.23. The van der Waals surface area contributed by atoms with Crippen LogP contribution in [0.3, 0.4) is 0 Å². The van der Waals surface area contributed by atoms with Crippen molar-refractivity contribution in [3.05, 3.63) is 22.3 Å². The van der Waals surface area contributed by atoms with Gasteiger partial charge < -0.3 is 16.0 Å². The number of aromatic nitrogens is 1. The van der Waals surface area contributed by atoms with Crippen molar-refractivity contribution in [1.82, 2.24) is 15.6 Å². The standard InChI is InChI=1S/C17H27Cl2N5OS/c1-3-26(25)14-6-4-5-13(10-14)24-17(20-2)22-8-7-21-16-15(19)9-12(18)11-23-16/h9,11,13-14H,3-8,10H2,1-2H3,(H,21,23)(H2,20,22,24). The highest BCUT2D eigenvalue weighted by atomic mass is 35.5. The molecule has 1 aliphatic carbocycles. The molecule has 0 amide bonds. The zero-order valence-electron chi connectivity index (χ0n) is 15.2. The van der Waals surface area contributed by atoms with Crippen LogP contribution < -0.4 is 16.0 Å². The Morgan fingerprint density at radius 1 is 1.38 bits per heavy atom. The number of anilines is 1. The van der Waals surface area contributed by atoms with Gasteiger partial charge in [-0.05, 0) is 25.3 Å².